The standard InChI is InChI=1S/C13H28N2O2S/c1-3-14-9-10-18(16,17)15-8-7-13-6-4-5-12(2)11-13/h12-15H,3-11H2,1-2H3. The Hall–Kier alpha value is -0.130. The van der Waals surface area contributed by atoms with Gasteiger partial charge in [0.2, 0.25) is 10.0 Å². The molecule has 2 N–H and O–H groups in total. The molecule has 5 heteroatoms. The van der Waals surface area contributed by atoms with Crippen molar-refractivity contribution in [2.75, 3.05) is 25.4 Å². The molecule has 0 saturated heterocycles. The third-order valence-corrected chi connectivity index (χ3v) is 5.10. The predicted molar refractivity (Wildman–Crippen MR) is 76.1 cm³/mol. The quantitative estimate of drug-likeness (QED) is 0.664. The van der Waals surface area contributed by atoms with Crippen LogP contribution < -0.4 is 10.0 Å². The van der Waals surface area contributed by atoms with E-state index in [9.17, 15) is 8.42 Å². The smallest absolute Gasteiger partial charge is 0.212 e. The van der Waals surface area contributed by atoms with E-state index in [2.05, 4.69) is 17.0 Å². The third kappa shape index (κ3) is 6.71. The minimum Gasteiger partial charge on any atom is -0.316 e. The summed E-state index contributed by atoms with van der Waals surface area (Å²) in [5.74, 6) is 1.71. The summed E-state index contributed by atoms with van der Waals surface area (Å²) in [4.78, 5) is 0. The van der Waals surface area contributed by atoms with Crippen molar-refractivity contribution < 1.29 is 8.42 Å². The van der Waals surface area contributed by atoms with Gasteiger partial charge in [-0.05, 0) is 31.2 Å². The van der Waals surface area contributed by atoms with E-state index in [1.807, 2.05) is 6.92 Å². The first-order valence-corrected chi connectivity index (χ1v) is 8.86. The Morgan fingerprint density at radius 1 is 1.22 bits per heavy atom. The molecule has 0 heterocycles. The lowest BCUT2D eigenvalue weighted by Gasteiger charge is -2.26. The van der Waals surface area contributed by atoms with Crippen molar-refractivity contribution in [2.24, 2.45) is 11.8 Å². The number of hydrogen-bond acceptors (Lipinski definition) is 3. The van der Waals surface area contributed by atoms with Gasteiger partial charge in [-0.3, -0.25) is 0 Å². The van der Waals surface area contributed by atoms with Gasteiger partial charge in [0.15, 0.2) is 0 Å². The molecule has 4 nitrogen and oxygen atoms in total. The molecule has 1 rings (SSSR count). The topological polar surface area (TPSA) is 58.2 Å². The summed E-state index contributed by atoms with van der Waals surface area (Å²) >= 11 is 0. The van der Waals surface area contributed by atoms with Crippen molar-refractivity contribution >= 4 is 10.0 Å². The first-order valence-electron chi connectivity index (χ1n) is 7.21. The highest BCUT2D eigenvalue weighted by Crippen LogP contribution is 2.30. The van der Waals surface area contributed by atoms with Crippen LogP contribution in [0.2, 0.25) is 0 Å². The zero-order chi connectivity index (χ0) is 13.4. The molecule has 0 spiro atoms. The molecule has 108 valence electrons. The molecule has 0 aromatic heterocycles. The van der Waals surface area contributed by atoms with Crippen LogP contribution in [0.3, 0.4) is 0 Å². The number of rotatable bonds is 8. The lowest BCUT2D eigenvalue weighted by Crippen LogP contribution is -2.33. The highest BCUT2D eigenvalue weighted by Gasteiger charge is 2.19. The van der Waals surface area contributed by atoms with E-state index < -0.39 is 10.0 Å². The molecule has 0 aliphatic heterocycles. The molecule has 0 aromatic carbocycles. The Balaban J connectivity index is 2.15. The maximum Gasteiger partial charge on any atom is 0.212 e. The minimum absolute atomic E-state index is 0.182. The SMILES string of the molecule is CCNCCS(=O)(=O)NCCC1CCCC(C)C1. The van der Waals surface area contributed by atoms with Crippen LogP contribution in [0.25, 0.3) is 0 Å². The van der Waals surface area contributed by atoms with E-state index in [1.54, 1.807) is 0 Å². The molecule has 1 aliphatic carbocycles. The zero-order valence-corrected chi connectivity index (χ0v) is 12.6. The lowest BCUT2D eigenvalue weighted by molar-refractivity contribution is 0.271. The van der Waals surface area contributed by atoms with Crippen LogP contribution in [0, 0.1) is 11.8 Å². The van der Waals surface area contributed by atoms with Crippen LogP contribution in [0.15, 0.2) is 0 Å². The average molecular weight is 276 g/mol. The fourth-order valence-corrected chi connectivity index (χ4v) is 3.68. The van der Waals surface area contributed by atoms with Crippen LogP contribution in [0.4, 0.5) is 0 Å². The van der Waals surface area contributed by atoms with Crippen molar-refractivity contribution in [3.63, 3.8) is 0 Å². The highest BCUT2D eigenvalue weighted by molar-refractivity contribution is 7.89. The Labute approximate surface area is 112 Å². The van der Waals surface area contributed by atoms with E-state index in [0.29, 0.717) is 19.0 Å². The molecule has 1 saturated carbocycles. The van der Waals surface area contributed by atoms with E-state index in [4.69, 9.17) is 0 Å². The van der Waals surface area contributed by atoms with E-state index in [-0.39, 0.29) is 5.75 Å². The summed E-state index contributed by atoms with van der Waals surface area (Å²) in [5.41, 5.74) is 0. The predicted octanol–water partition coefficient (Wildman–Crippen LogP) is 1.73. The first kappa shape index (κ1) is 15.9. The normalized spacial score (nSPS) is 25.2. The second kappa shape index (κ2) is 8.12. The number of hydrogen-bond donors (Lipinski definition) is 2. The fraction of sp³-hybridized carbons (Fsp3) is 1.00. The average Bonchev–Trinajstić information content (AvgIpc) is 2.29. The monoisotopic (exact) mass is 276 g/mol. The van der Waals surface area contributed by atoms with Gasteiger partial charge in [-0.2, -0.15) is 0 Å². The first-order chi connectivity index (χ1) is 8.53. The number of nitrogens with one attached hydrogen (secondary N) is 2. The highest BCUT2D eigenvalue weighted by atomic mass is 32.2. The van der Waals surface area contributed by atoms with Gasteiger partial charge in [-0.1, -0.05) is 33.1 Å². The Kier molecular flexibility index (Phi) is 7.19. The molecular weight excluding hydrogens is 248 g/mol. The molecule has 0 bridgehead atoms. The molecule has 18 heavy (non-hydrogen) atoms. The van der Waals surface area contributed by atoms with Crippen LogP contribution in [0.1, 0.15) is 46.0 Å². The van der Waals surface area contributed by atoms with Crippen molar-refractivity contribution in [1.82, 2.24) is 10.0 Å². The Morgan fingerprint density at radius 2 is 2.00 bits per heavy atom. The summed E-state index contributed by atoms with van der Waals surface area (Å²) in [6, 6.07) is 0. The van der Waals surface area contributed by atoms with Crippen molar-refractivity contribution in [3.05, 3.63) is 0 Å². The van der Waals surface area contributed by atoms with Crippen LogP contribution in [-0.4, -0.2) is 33.8 Å². The van der Waals surface area contributed by atoms with E-state index in [1.165, 1.54) is 25.7 Å². The van der Waals surface area contributed by atoms with Gasteiger partial charge in [0.05, 0.1) is 5.75 Å². The van der Waals surface area contributed by atoms with Crippen LogP contribution >= 0.6 is 0 Å². The summed E-state index contributed by atoms with van der Waals surface area (Å²) in [5, 5.41) is 3.03. The van der Waals surface area contributed by atoms with Gasteiger partial charge in [0, 0.05) is 13.1 Å². The van der Waals surface area contributed by atoms with Gasteiger partial charge < -0.3 is 5.32 Å². The molecule has 2 atom stereocenters. The molecule has 0 radical (unpaired) electrons. The molecule has 1 aliphatic rings. The summed E-state index contributed by atoms with van der Waals surface area (Å²) in [7, 11) is -3.08. The minimum atomic E-state index is -3.08. The summed E-state index contributed by atoms with van der Waals surface area (Å²) in [6.07, 6.45) is 6.16. The second-order valence-electron chi connectivity index (χ2n) is 5.49. The van der Waals surface area contributed by atoms with Gasteiger partial charge in [-0.25, -0.2) is 13.1 Å². The molecule has 0 aromatic rings. The van der Waals surface area contributed by atoms with Crippen molar-refractivity contribution in [2.45, 2.75) is 46.0 Å². The second-order valence-corrected chi connectivity index (χ2v) is 7.42. The molecule has 2 unspecified atom stereocenters. The van der Waals surface area contributed by atoms with E-state index >= 15 is 0 Å². The summed E-state index contributed by atoms with van der Waals surface area (Å²) in [6.45, 7) is 6.23. The largest absolute Gasteiger partial charge is 0.316 e. The van der Waals surface area contributed by atoms with E-state index in [0.717, 1.165) is 18.9 Å². The van der Waals surface area contributed by atoms with Gasteiger partial charge in [0.1, 0.15) is 0 Å². The van der Waals surface area contributed by atoms with Gasteiger partial charge in [0.25, 0.3) is 0 Å². The van der Waals surface area contributed by atoms with Gasteiger partial charge >= 0.3 is 0 Å². The summed E-state index contributed by atoms with van der Waals surface area (Å²) < 4.78 is 26.0. The maximum atomic E-state index is 11.7. The zero-order valence-electron chi connectivity index (χ0n) is 11.7. The van der Waals surface area contributed by atoms with Gasteiger partial charge in [-0.15, -0.1) is 0 Å². The molecule has 1 fully saturated rings. The third-order valence-electron chi connectivity index (χ3n) is 3.72. The number of sulfonamides is 1. The fourth-order valence-electron chi connectivity index (χ4n) is 2.70. The maximum absolute atomic E-state index is 11.7. The molecule has 0 amide bonds. The van der Waals surface area contributed by atoms with Crippen LogP contribution in [0.5, 0.6) is 0 Å². The Bertz CT molecular complexity index is 317. The van der Waals surface area contributed by atoms with Crippen molar-refractivity contribution in [3.8, 4) is 0 Å². The van der Waals surface area contributed by atoms with Crippen molar-refractivity contribution in [1.29, 1.82) is 0 Å². The van der Waals surface area contributed by atoms with Crippen LogP contribution in [-0.2, 0) is 10.0 Å². The molecular formula is C13H28N2O2S. The Morgan fingerprint density at radius 3 is 2.67 bits per heavy atom. The lowest BCUT2D eigenvalue weighted by atomic mass is 9.81.